The molecule has 6 nitrogen and oxygen atoms in total. The molecule has 2 fully saturated rings. The minimum atomic E-state index is -0.442. The molecule has 1 heterocycles. The number of carbonyl (C=O) groups is 2. The molecule has 130 valence electrons. The van der Waals surface area contributed by atoms with Gasteiger partial charge in [0.05, 0.1) is 12.5 Å². The fraction of sp³-hybridized carbons (Fsp3) is 0.556. The van der Waals surface area contributed by atoms with E-state index < -0.39 is 6.03 Å². The maximum Gasteiger partial charge on any atom is 0.314 e. The van der Waals surface area contributed by atoms with Crippen molar-refractivity contribution in [2.75, 3.05) is 26.2 Å². The van der Waals surface area contributed by atoms with Gasteiger partial charge in [-0.1, -0.05) is 18.2 Å². The first kappa shape index (κ1) is 16.6. The highest BCUT2D eigenvalue weighted by molar-refractivity contribution is 5.80. The van der Waals surface area contributed by atoms with Crippen LogP contribution in [0.25, 0.3) is 0 Å². The minimum Gasteiger partial charge on any atom is -0.493 e. The molecule has 1 atom stereocenters. The third kappa shape index (κ3) is 4.19. The van der Waals surface area contributed by atoms with E-state index in [1.54, 1.807) is 4.90 Å². The van der Waals surface area contributed by atoms with Crippen LogP contribution < -0.4 is 15.8 Å². The summed E-state index contributed by atoms with van der Waals surface area (Å²) in [5.74, 6) is 0.725. The molecule has 0 spiro atoms. The molecule has 1 aromatic rings. The van der Waals surface area contributed by atoms with Gasteiger partial charge >= 0.3 is 6.03 Å². The number of likely N-dealkylation sites (tertiary alicyclic amines) is 1. The molecule has 0 radical (unpaired) electrons. The van der Waals surface area contributed by atoms with Gasteiger partial charge < -0.3 is 20.7 Å². The summed E-state index contributed by atoms with van der Waals surface area (Å²) in [6.45, 7) is 2.32. The zero-order valence-electron chi connectivity index (χ0n) is 13.9. The number of ether oxygens (including phenoxy) is 1. The lowest BCUT2D eigenvalue weighted by Crippen LogP contribution is -2.48. The molecule has 1 saturated heterocycles. The van der Waals surface area contributed by atoms with Crippen LogP contribution in [0.1, 0.15) is 25.7 Å². The van der Waals surface area contributed by atoms with E-state index in [4.69, 9.17) is 10.5 Å². The van der Waals surface area contributed by atoms with Gasteiger partial charge in [-0.3, -0.25) is 4.79 Å². The second-order valence-electron chi connectivity index (χ2n) is 6.94. The highest BCUT2D eigenvalue weighted by Crippen LogP contribution is 2.45. The summed E-state index contributed by atoms with van der Waals surface area (Å²) in [7, 11) is 0. The second kappa shape index (κ2) is 7.11. The van der Waals surface area contributed by atoms with E-state index in [2.05, 4.69) is 5.32 Å². The van der Waals surface area contributed by atoms with E-state index in [1.165, 1.54) is 0 Å². The first-order valence-corrected chi connectivity index (χ1v) is 8.58. The summed E-state index contributed by atoms with van der Waals surface area (Å²) >= 11 is 0. The van der Waals surface area contributed by atoms with Crippen LogP contribution >= 0.6 is 0 Å². The summed E-state index contributed by atoms with van der Waals surface area (Å²) < 4.78 is 5.84. The van der Waals surface area contributed by atoms with Crippen LogP contribution in [0.3, 0.4) is 0 Å². The molecular weight excluding hydrogens is 306 g/mol. The number of amides is 3. The smallest absolute Gasteiger partial charge is 0.314 e. The van der Waals surface area contributed by atoms with Gasteiger partial charge in [0.25, 0.3) is 0 Å². The Labute approximate surface area is 142 Å². The van der Waals surface area contributed by atoms with Crippen LogP contribution in [0.4, 0.5) is 4.79 Å². The average Bonchev–Trinajstić information content (AvgIpc) is 3.39. The molecule has 0 bridgehead atoms. The minimum absolute atomic E-state index is 0.0203. The van der Waals surface area contributed by atoms with Crippen molar-refractivity contribution in [3.63, 3.8) is 0 Å². The van der Waals surface area contributed by atoms with Crippen molar-refractivity contribution < 1.29 is 14.3 Å². The van der Waals surface area contributed by atoms with Crippen molar-refractivity contribution in [2.45, 2.75) is 25.7 Å². The molecule has 3 amide bonds. The number of piperidine rings is 1. The number of para-hydroxylation sites is 1. The van der Waals surface area contributed by atoms with Crippen molar-refractivity contribution in [1.82, 2.24) is 10.2 Å². The van der Waals surface area contributed by atoms with Crippen LogP contribution in [0.5, 0.6) is 5.75 Å². The normalized spacial score (nSPS) is 21.8. The second-order valence-corrected chi connectivity index (χ2v) is 6.94. The molecule has 1 aliphatic carbocycles. The van der Waals surface area contributed by atoms with Crippen molar-refractivity contribution in [2.24, 2.45) is 17.1 Å². The Hall–Kier alpha value is -2.24. The van der Waals surface area contributed by atoms with Gasteiger partial charge in [0, 0.05) is 25.0 Å². The maximum atomic E-state index is 12.4. The van der Waals surface area contributed by atoms with Crippen LogP contribution in [0.15, 0.2) is 30.3 Å². The largest absolute Gasteiger partial charge is 0.493 e. The molecule has 2 aliphatic rings. The van der Waals surface area contributed by atoms with Gasteiger partial charge in [-0.05, 0) is 37.8 Å². The van der Waals surface area contributed by atoms with E-state index in [0.717, 1.165) is 31.4 Å². The maximum absolute atomic E-state index is 12.4. The first-order valence-electron chi connectivity index (χ1n) is 8.58. The lowest BCUT2D eigenvalue weighted by atomic mass is 9.97. The molecule has 0 aromatic heterocycles. The quantitative estimate of drug-likeness (QED) is 0.833. The number of rotatable bonds is 6. The zero-order valence-corrected chi connectivity index (χ0v) is 13.9. The van der Waals surface area contributed by atoms with E-state index in [0.29, 0.717) is 26.2 Å². The van der Waals surface area contributed by atoms with E-state index in [9.17, 15) is 9.59 Å². The van der Waals surface area contributed by atoms with Crippen LogP contribution in [-0.4, -0.2) is 43.1 Å². The van der Waals surface area contributed by atoms with Crippen LogP contribution in [0.2, 0.25) is 0 Å². The predicted octanol–water partition coefficient (Wildman–Crippen LogP) is 1.75. The standard InChI is InChI=1S/C18H25N3O3/c19-17(23)21-10-4-5-14(11-21)16(22)20-12-18(8-9-18)13-24-15-6-2-1-3-7-15/h1-3,6-7,14H,4-5,8-13H2,(H2,19,23)(H,20,22)/t14-/m1/s1. The summed E-state index contributed by atoms with van der Waals surface area (Å²) in [4.78, 5) is 25.2. The molecule has 24 heavy (non-hydrogen) atoms. The van der Waals surface area contributed by atoms with Gasteiger partial charge in [-0.2, -0.15) is 0 Å². The zero-order chi connectivity index (χ0) is 17.0. The monoisotopic (exact) mass is 331 g/mol. The third-order valence-electron chi connectivity index (χ3n) is 4.99. The summed E-state index contributed by atoms with van der Waals surface area (Å²) in [6, 6.07) is 9.29. The summed E-state index contributed by atoms with van der Waals surface area (Å²) in [5, 5.41) is 3.05. The number of hydrogen-bond acceptors (Lipinski definition) is 3. The van der Waals surface area contributed by atoms with Gasteiger partial charge in [-0.15, -0.1) is 0 Å². The Bertz CT molecular complexity index is 586. The Balaban J connectivity index is 1.44. The predicted molar refractivity (Wildman–Crippen MR) is 90.5 cm³/mol. The van der Waals surface area contributed by atoms with Gasteiger partial charge in [0.15, 0.2) is 0 Å². The number of nitrogens with two attached hydrogens (primary N) is 1. The Kier molecular flexibility index (Phi) is 4.92. The SMILES string of the molecule is NC(=O)N1CCC[C@@H](C(=O)NCC2(COc3ccccc3)CC2)C1. The number of benzene rings is 1. The summed E-state index contributed by atoms with van der Waals surface area (Å²) in [5.41, 5.74) is 5.38. The molecule has 3 rings (SSSR count). The Morgan fingerprint density at radius 1 is 1.29 bits per heavy atom. The van der Waals surface area contributed by atoms with Gasteiger partial charge in [0.1, 0.15) is 5.75 Å². The topological polar surface area (TPSA) is 84.7 Å². The molecule has 6 heteroatoms. The third-order valence-corrected chi connectivity index (χ3v) is 4.99. The molecule has 3 N–H and O–H groups in total. The highest BCUT2D eigenvalue weighted by atomic mass is 16.5. The van der Waals surface area contributed by atoms with Crippen molar-refractivity contribution in [1.29, 1.82) is 0 Å². The number of nitrogens with one attached hydrogen (secondary N) is 1. The Morgan fingerprint density at radius 2 is 2.04 bits per heavy atom. The van der Waals surface area contributed by atoms with Crippen molar-refractivity contribution in [3.8, 4) is 5.75 Å². The lowest BCUT2D eigenvalue weighted by molar-refractivity contribution is -0.126. The number of urea groups is 1. The number of hydrogen-bond donors (Lipinski definition) is 2. The van der Waals surface area contributed by atoms with Gasteiger partial charge in [-0.25, -0.2) is 4.79 Å². The van der Waals surface area contributed by atoms with Gasteiger partial charge in [0.2, 0.25) is 5.91 Å². The Morgan fingerprint density at radius 3 is 2.71 bits per heavy atom. The first-order chi connectivity index (χ1) is 11.6. The average molecular weight is 331 g/mol. The molecule has 0 unspecified atom stereocenters. The fourth-order valence-corrected chi connectivity index (χ4v) is 3.11. The lowest BCUT2D eigenvalue weighted by Gasteiger charge is -2.31. The van der Waals surface area contributed by atoms with E-state index in [1.807, 2.05) is 30.3 Å². The van der Waals surface area contributed by atoms with Crippen molar-refractivity contribution >= 4 is 11.9 Å². The number of carbonyl (C=O) groups excluding carboxylic acids is 2. The highest BCUT2D eigenvalue weighted by Gasteiger charge is 2.44. The molecule has 1 aliphatic heterocycles. The van der Waals surface area contributed by atoms with Crippen LogP contribution in [-0.2, 0) is 4.79 Å². The van der Waals surface area contributed by atoms with Crippen molar-refractivity contribution in [3.05, 3.63) is 30.3 Å². The molecular formula is C18H25N3O3. The molecule has 1 saturated carbocycles. The summed E-state index contributed by atoms with van der Waals surface area (Å²) in [6.07, 6.45) is 3.77. The van der Waals surface area contributed by atoms with E-state index in [-0.39, 0.29) is 17.2 Å². The molecule has 1 aromatic carbocycles. The van der Waals surface area contributed by atoms with Crippen LogP contribution in [0, 0.1) is 11.3 Å². The number of primary amides is 1. The van der Waals surface area contributed by atoms with E-state index >= 15 is 0 Å². The fourth-order valence-electron chi connectivity index (χ4n) is 3.11. The number of nitrogens with zero attached hydrogens (tertiary/aromatic N) is 1.